The highest BCUT2D eigenvalue weighted by Crippen LogP contribution is 2.32. The zero-order chi connectivity index (χ0) is 23.0. The van der Waals surface area contributed by atoms with Gasteiger partial charge >= 0.3 is 6.03 Å². The van der Waals surface area contributed by atoms with Crippen molar-refractivity contribution in [3.8, 4) is 0 Å². The van der Waals surface area contributed by atoms with Gasteiger partial charge in [-0.25, -0.2) is 9.69 Å². The zero-order valence-electron chi connectivity index (χ0n) is 19.1. The van der Waals surface area contributed by atoms with Gasteiger partial charge in [-0.2, -0.15) is 0 Å². The average molecular weight is 422 g/mol. The summed E-state index contributed by atoms with van der Waals surface area (Å²) in [7, 11) is 0. The van der Waals surface area contributed by atoms with E-state index >= 15 is 0 Å². The molecule has 0 bridgehead atoms. The highest BCUT2D eigenvalue weighted by molar-refractivity contribution is 6.11. The third-order valence-corrected chi connectivity index (χ3v) is 5.95. The fourth-order valence-electron chi connectivity index (χ4n) is 3.70. The van der Waals surface area contributed by atoms with Gasteiger partial charge in [0.05, 0.1) is 0 Å². The molecule has 2 aromatic rings. The summed E-state index contributed by atoms with van der Waals surface area (Å²) in [4.78, 5) is 39.7. The number of anilines is 1. The van der Waals surface area contributed by atoms with Gasteiger partial charge < -0.3 is 10.6 Å². The fraction of sp³-hybridized carbons (Fsp3) is 0.400. The molecule has 31 heavy (non-hydrogen) atoms. The maximum atomic E-state index is 13.3. The highest BCUT2D eigenvalue weighted by Gasteiger charge is 2.51. The van der Waals surface area contributed by atoms with Crippen LogP contribution in [0.5, 0.6) is 0 Å². The van der Waals surface area contributed by atoms with E-state index in [1.807, 2.05) is 48.5 Å². The smallest absolute Gasteiger partial charge is 0.324 e. The van der Waals surface area contributed by atoms with Crippen molar-refractivity contribution in [1.29, 1.82) is 0 Å². The first-order chi connectivity index (χ1) is 14.5. The molecule has 0 aliphatic carbocycles. The number of hydrogen-bond donors (Lipinski definition) is 2. The second-order valence-electron chi connectivity index (χ2n) is 9.27. The summed E-state index contributed by atoms with van der Waals surface area (Å²) in [6.07, 6.45) is 0.905. The van der Waals surface area contributed by atoms with Gasteiger partial charge in [-0.1, -0.05) is 64.1 Å². The third-order valence-electron chi connectivity index (χ3n) is 5.95. The van der Waals surface area contributed by atoms with Crippen molar-refractivity contribution in [2.75, 3.05) is 5.32 Å². The molecule has 0 radical (unpaired) electrons. The number of imide groups is 1. The Hall–Kier alpha value is -3.15. The van der Waals surface area contributed by atoms with E-state index in [0.29, 0.717) is 11.3 Å². The minimum atomic E-state index is -1.22. The van der Waals surface area contributed by atoms with Crippen LogP contribution in [-0.2, 0) is 27.0 Å². The normalized spacial score (nSPS) is 19.9. The lowest BCUT2D eigenvalue weighted by Gasteiger charge is -2.26. The summed E-state index contributed by atoms with van der Waals surface area (Å²) in [6.45, 7) is 11.6. The van der Waals surface area contributed by atoms with Crippen LogP contribution < -0.4 is 10.6 Å². The molecule has 1 saturated heterocycles. The van der Waals surface area contributed by atoms with Gasteiger partial charge in [-0.05, 0) is 54.5 Å². The van der Waals surface area contributed by atoms with Crippen molar-refractivity contribution in [3.05, 3.63) is 65.2 Å². The molecule has 2 atom stereocenters. The molecule has 0 saturated carbocycles. The Labute approximate surface area is 184 Å². The number of rotatable bonds is 5. The number of benzene rings is 2. The van der Waals surface area contributed by atoms with Gasteiger partial charge in [-0.3, -0.25) is 9.59 Å². The van der Waals surface area contributed by atoms with Gasteiger partial charge in [0.2, 0.25) is 5.91 Å². The molecule has 0 spiro atoms. The van der Waals surface area contributed by atoms with E-state index in [1.54, 1.807) is 13.8 Å². The van der Waals surface area contributed by atoms with Crippen LogP contribution >= 0.6 is 0 Å². The van der Waals surface area contributed by atoms with Crippen molar-refractivity contribution >= 4 is 23.5 Å². The highest BCUT2D eigenvalue weighted by atomic mass is 16.2. The minimum Gasteiger partial charge on any atom is -0.324 e. The fourth-order valence-corrected chi connectivity index (χ4v) is 3.70. The van der Waals surface area contributed by atoms with Gasteiger partial charge in [0.25, 0.3) is 5.91 Å². The predicted molar refractivity (Wildman–Crippen MR) is 122 cm³/mol. The molecule has 164 valence electrons. The lowest BCUT2D eigenvalue weighted by molar-refractivity contribution is -0.136. The number of nitrogens with one attached hydrogen (secondary N) is 2. The van der Waals surface area contributed by atoms with Gasteiger partial charge in [0.15, 0.2) is 0 Å². The van der Waals surface area contributed by atoms with Gasteiger partial charge in [-0.15, -0.1) is 0 Å². The van der Waals surface area contributed by atoms with Crippen LogP contribution in [0.4, 0.5) is 10.5 Å². The summed E-state index contributed by atoms with van der Waals surface area (Å²) in [6, 6.07) is 13.7. The molecule has 0 aromatic heterocycles. The first kappa shape index (κ1) is 22.5. The van der Waals surface area contributed by atoms with Crippen molar-refractivity contribution in [2.24, 2.45) is 0 Å². The molecule has 1 fully saturated rings. The molecular formula is C25H31N3O3. The summed E-state index contributed by atoms with van der Waals surface area (Å²) in [5.74, 6) is -0.856. The standard InChI is InChI=1S/C25H31N3O3/c1-7-17-8-14-20(15-9-17)26-21(29)16(2)28-22(30)25(6,27-23(28)31)19-12-10-18(11-13-19)24(3,4)5/h8-16H,7H2,1-6H3,(H,26,29)(H,27,31). The second-order valence-corrected chi connectivity index (χ2v) is 9.27. The van der Waals surface area contributed by atoms with E-state index < -0.39 is 29.4 Å². The van der Waals surface area contributed by atoms with Crippen LogP contribution in [0.25, 0.3) is 0 Å². The molecule has 6 nitrogen and oxygen atoms in total. The van der Waals surface area contributed by atoms with Crippen LogP contribution in [0.3, 0.4) is 0 Å². The van der Waals surface area contributed by atoms with Crippen LogP contribution in [-0.4, -0.2) is 28.8 Å². The predicted octanol–water partition coefficient (Wildman–Crippen LogP) is 4.34. The Morgan fingerprint density at radius 3 is 2.16 bits per heavy atom. The number of urea groups is 1. The maximum absolute atomic E-state index is 13.3. The molecule has 4 amide bonds. The number of hydrogen-bond acceptors (Lipinski definition) is 3. The van der Waals surface area contributed by atoms with Crippen LogP contribution in [0.2, 0.25) is 0 Å². The molecular weight excluding hydrogens is 390 g/mol. The van der Waals surface area contributed by atoms with E-state index in [1.165, 1.54) is 0 Å². The van der Waals surface area contributed by atoms with Crippen molar-refractivity contribution in [2.45, 2.75) is 65.0 Å². The van der Waals surface area contributed by atoms with Gasteiger partial charge in [0.1, 0.15) is 11.6 Å². The topological polar surface area (TPSA) is 78.5 Å². The number of amides is 4. The maximum Gasteiger partial charge on any atom is 0.326 e. The largest absolute Gasteiger partial charge is 0.326 e. The lowest BCUT2D eigenvalue weighted by Crippen LogP contribution is -2.47. The van der Waals surface area contributed by atoms with Crippen LogP contribution in [0.15, 0.2) is 48.5 Å². The van der Waals surface area contributed by atoms with Gasteiger partial charge in [0, 0.05) is 5.69 Å². The van der Waals surface area contributed by atoms with Crippen molar-refractivity contribution in [3.63, 3.8) is 0 Å². The third kappa shape index (κ3) is 4.33. The van der Waals surface area contributed by atoms with E-state index in [4.69, 9.17) is 0 Å². The van der Waals surface area contributed by atoms with Crippen LogP contribution in [0, 0.1) is 0 Å². The Bertz CT molecular complexity index is 990. The minimum absolute atomic E-state index is 0.0175. The second kappa shape index (κ2) is 8.17. The molecule has 3 rings (SSSR count). The average Bonchev–Trinajstić information content (AvgIpc) is 2.96. The van der Waals surface area contributed by atoms with Crippen molar-refractivity contribution in [1.82, 2.24) is 10.2 Å². The quantitative estimate of drug-likeness (QED) is 0.705. The summed E-state index contributed by atoms with van der Waals surface area (Å²) in [5.41, 5.74) is 2.37. The van der Waals surface area contributed by atoms with E-state index in [2.05, 4.69) is 38.3 Å². The molecule has 1 aliphatic rings. The summed E-state index contributed by atoms with van der Waals surface area (Å²) in [5, 5.41) is 5.57. The van der Waals surface area contributed by atoms with E-state index in [0.717, 1.165) is 22.4 Å². The van der Waals surface area contributed by atoms with Crippen molar-refractivity contribution < 1.29 is 14.4 Å². The van der Waals surface area contributed by atoms with E-state index in [-0.39, 0.29) is 5.41 Å². The Balaban J connectivity index is 1.78. The Kier molecular flexibility index (Phi) is 5.94. The number of carbonyl (C=O) groups excluding carboxylic acids is 3. The molecule has 1 aliphatic heterocycles. The molecule has 2 N–H and O–H groups in total. The molecule has 6 heteroatoms. The van der Waals surface area contributed by atoms with E-state index in [9.17, 15) is 14.4 Å². The number of aryl methyl sites for hydroxylation is 1. The molecule has 1 heterocycles. The SMILES string of the molecule is CCc1ccc(NC(=O)C(C)N2C(=O)NC(C)(c3ccc(C(C)(C)C)cc3)C2=O)cc1. The number of nitrogens with zero attached hydrogens (tertiary/aromatic N) is 1. The zero-order valence-corrected chi connectivity index (χ0v) is 19.1. The summed E-state index contributed by atoms with van der Waals surface area (Å²) >= 11 is 0. The Morgan fingerprint density at radius 1 is 1.06 bits per heavy atom. The summed E-state index contributed by atoms with van der Waals surface area (Å²) < 4.78 is 0. The van der Waals surface area contributed by atoms with Crippen LogP contribution in [0.1, 0.15) is 58.2 Å². The molecule has 2 unspecified atom stereocenters. The first-order valence-corrected chi connectivity index (χ1v) is 10.6. The number of carbonyl (C=O) groups is 3. The first-order valence-electron chi connectivity index (χ1n) is 10.6. The monoisotopic (exact) mass is 421 g/mol. The molecule has 2 aromatic carbocycles. The Morgan fingerprint density at radius 2 is 1.65 bits per heavy atom. The lowest BCUT2D eigenvalue weighted by atomic mass is 9.84.